The molecule has 0 radical (unpaired) electrons. The molecule has 0 saturated carbocycles. The molecule has 1 aromatic heterocycles. The lowest BCUT2D eigenvalue weighted by molar-refractivity contribution is 0.115. The maximum atomic E-state index is 12.5. The summed E-state index contributed by atoms with van der Waals surface area (Å²) in [6.07, 6.45) is 5.59. The summed E-state index contributed by atoms with van der Waals surface area (Å²) >= 11 is 0. The average Bonchev–Trinajstić information content (AvgIpc) is 2.79. The Balaban J connectivity index is 1.38. The molecule has 1 aromatic carbocycles. The van der Waals surface area contributed by atoms with Crippen LogP contribution in [0.4, 0.5) is 4.79 Å². The van der Waals surface area contributed by atoms with Crippen molar-refractivity contribution in [2.45, 2.75) is 51.2 Å². The zero-order valence-electron chi connectivity index (χ0n) is 13.8. The third-order valence-corrected chi connectivity index (χ3v) is 5.05. The van der Waals surface area contributed by atoms with Gasteiger partial charge in [-0.2, -0.15) is 0 Å². The molecule has 1 fully saturated rings. The van der Waals surface area contributed by atoms with Crippen molar-refractivity contribution in [2.75, 3.05) is 6.54 Å². The summed E-state index contributed by atoms with van der Waals surface area (Å²) < 4.78 is 2.18. The van der Waals surface area contributed by atoms with Crippen molar-refractivity contribution in [1.29, 1.82) is 0 Å². The number of aromatic nitrogens is 3. The van der Waals surface area contributed by atoms with E-state index in [0.717, 1.165) is 44.0 Å². The van der Waals surface area contributed by atoms with Gasteiger partial charge in [-0.15, -0.1) is 10.2 Å². The number of rotatable bonds is 3. The van der Waals surface area contributed by atoms with Gasteiger partial charge in [0.1, 0.15) is 5.82 Å². The first-order chi connectivity index (χ1) is 11.8. The van der Waals surface area contributed by atoms with Gasteiger partial charge >= 0.3 is 6.03 Å². The summed E-state index contributed by atoms with van der Waals surface area (Å²) in [5, 5.41) is 11.6. The molecule has 3 heterocycles. The first kappa shape index (κ1) is 15.2. The van der Waals surface area contributed by atoms with Crippen molar-refractivity contribution in [3.63, 3.8) is 0 Å². The molecular weight excluding hydrogens is 302 g/mol. The van der Waals surface area contributed by atoms with Crippen molar-refractivity contribution in [1.82, 2.24) is 25.0 Å². The number of carbonyl (C=O) groups excluding carboxylic acids is 1. The molecule has 2 aliphatic heterocycles. The summed E-state index contributed by atoms with van der Waals surface area (Å²) in [5.41, 5.74) is 1.20. The SMILES string of the molecule is O=C(NCc1nnc2n1CCCCC2)N1CC[C@H]1c1ccccc1. The molecule has 0 bridgehead atoms. The number of nitrogens with one attached hydrogen (secondary N) is 1. The first-order valence-corrected chi connectivity index (χ1v) is 8.83. The van der Waals surface area contributed by atoms with E-state index in [1.807, 2.05) is 23.1 Å². The van der Waals surface area contributed by atoms with E-state index in [2.05, 4.69) is 32.2 Å². The standard InChI is InChI=1S/C18H23N5O/c24-18(22-12-10-15(22)14-7-3-1-4-8-14)19-13-17-21-20-16-9-5-2-6-11-23(16)17/h1,3-4,7-8,15H,2,5-6,9-13H2,(H,19,24)/t15-/m0/s1. The molecule has 2 aliphatic rings. The highest BCUT2D eigenvalue weighted by atomic mass is 16.2. The van der Waals surface area contributed by atoms with Crippen LogP contribution in [0.3, 0.4) is 0 Å². The van der Waals surface area contributed by atoms with Crippen LogP contribution in [-0.4, -0.2) is 32.2 Å². The lowest BCUT2D eigenvalue weighted by atomic mass is 9.95. The molecule has 1 N–H and O–H groups in total. The van der Waals surface area contributed by atoms with E-state index in [4.69, 9.17) is 0 Å². The Morgan fingerprint density at radius 1 is 1.12 bits per heavy atom. The summed E-state index contributed by atoms with van der Waals surface area (Å²) in [6.45, 7) is 2.22. The van der Waals surface area contributed by atoms with Gasteiger partial charge in [-0.25, -0.2) is 4.79 Å². The number of urea groups is 1. The predicted octanol–water partition coefficient (Wildman–Crippen LogP) is 2.66. The monoisotopic (exact) mass is 325 g/mol. The topological polar surface area (TPSA) is 63.1 Å². The van der Waals surface area contributed by atoms with E-state index in [1.165, 1.54) is 18.4 Å². The van der Waals surface area contributed by atoms with Crippen molar-refractivity contribution in [3.05, 3.63) is 47.5 Å². The van der Waals surface area contributed by atoms with Crippen LogP contribution < -0.4 is 5.32 Å². The zero-order chi connectivity index (χ0) is 16.4. The lowest BCUT2D eigenvalue weighted by Gasteiger charge is -2.41. The highest BCUT2D eigenvalue weighted by molar-refractivity contribution is 5.75. The molecule has 1 atom stereocenters. The fourth-order valence-electron chi connectivity index (χ4n) is 3.58. The molecule has 24 heavy (non-hydrogen) atoms. The van der Waals surface area contributed by atoms with Crippen LogP contribution in [0.2, 0.25) is 0 Å². The molecule has 1 saturated heterocycles. The normalized spacial score (nSPS) is 20.0. The molecule has 0 aliphatic carbocycles. The van der Waals surface area contributed by atoms with Gasteiger partial charge in [-0.05, 0) is 24.8 Å². The average molecular weight is 325 g/mol. The Bertz CT molecular complexity index is 711. The molecule has 4 rings (SSSR count). The van der Waals surface area contributed by atoms with Crippen LogP contribution in [-0.2, 0) is 19.5 Å². The van der Waals surface area contributed by atoms with Gasteiger partial charge < -0.3 is 14.8 Å². The number of fused-ring (bicyclic) bond motifs is 1. The zero-order valence-corrected chi connectivity index (χ0v) is 13.8. The smallest absolute Gasteiger partial charge is 0.318 e. The van der Waals surface area contributed by atoms with Crippen molar-refractivity contribution in [3.8, 4) is 0 Å². The minimum atomic E-state index is -0.0129. The number of hydrogen-bond acceptors (Lipinski definition) is 3. The Morgan fingerprint density at radius 3 is 2.79 bits per heavy atom. The Kier molecular flexibility index (Phi) is 4.19. The molecule has 126 valence electrons. The Labute approximate surface area is 141 Å². The minimum Gasteiger partial charge on any atom is -0.331 e. The van der Waals surface area contributed by atoms with Gasteiger partial charge in [-0.3, -0.25) is 0 Å². The molecule has 0 unspecified atom stereocenters. The van der Waals surface area contributed by atoms with Gasteiger partial charge in [-0.1, -0.05) is 36.8 Å². The van der Waals surface area contributed by atoms with Crippen LogP contribution in [0, 0.1) is 0 Å². The molecule has 6 nitrogen and oxygen atoms in total. The van der Waals surface area contributed by atoms with Gasteiger partial charge in [0, 0.05) is 19.5 Å². The second-order valence-electron chi connectivity index (χ2n) is 6.56. The first-order valence-electron chi connectivity index (χ1n) is 8.83. The highest BCUT2D eigenvalue weighted by Crippen LogP contribution is 2.32. The number of aryl methyl sites for hydroxylation is 1. The van der Waals surface area contributed by atoms with E-state index in [1.54, 1.807) is 0 Å². The minimum absolute atomic E-state index is 0.0129. The van der Waals surface area contributed by atoms with Crippen LogP contribution in [0.5, 0.6) is 0 Å². The summed E-state index contributed by atoms with van der Waals surface area (Å²) in [7, 11) is 0. The van der Waals surface area contributed by atoms with Crippen LogP contribution in [0.15, 0.2) is 30.3 Å². The third-order valence-electron chi connectivity index (χ3n) is 5.05. The van der Waals surface area contributed by atoms with Crippen molar-refractivity contribution in [2.24, 2.45) is 0 Å². The molecule has 0 spiro atoms. The van der Waals surface area contributed by atoms with Crippen molar-refractivity contribution < 1.29 is 4.79 Å². The third kappa shape index (κ3) is 2.88. The van der Waals surface area contributed by atoms with Crippen LogP contribution in [0.25, 0.3) is 0 Å². The van der Waals surface area contributed by atoms with Crippen molar-refractivity contribution >= 4 is 6.03 Å². The van der Waals surface area contributed by atoms with E-state index < -0.39 is 0 Å². The predicted molar refractivity (Wildman–Crippen MR) is 90.3 cm³/mol. The highest BCUT2D eigenvalue weighted by Gasteiger charge is 2.33. The summed E-state index contributed by atoms with van der Waals surface area (Å²) in [5.74, 6) is 1.93. The number of amides is 2. The number of likely N-dealkylation sites (tertiary alicyclic amines) is 1. The van der Waals surface area contributed by atoms with E-state index >= 15 is 0 Å². The van der Waals surface area contributed by atoms with Gasteiger partial charge in [0.25, 0.3) is 0 Å². The molecule has 2 amide bonds. The molecule has 2 aromatic rings. The fraction of sp³-hybridized carbons (Fsp3) is 0.500. The Morgan fingerprint density at radius 2 is 2.00 bits per heavy atom. The quantitative estimate of drug-likeness (QED) is 0.943. The largest absolute Gasteiger partial charge is 0.331 e. The number of carbonyl (C=O) groups is 1. The van der Waals surface area contributed by atoms with Crippen LogP contribution >= 0.6 is 0 Å². The maximum absolute atomic E-state index is 12.5. The van der Waals surface area contributed by atoms with E-state index in [0.29, 0.717) is 6.54 Å². The van der Waals surface area contributed by atoms with Gasteiger partial charge in [0.2, 0.25) is 0 Å². The van der Waals surface area contributed by atoms with Gasteiger partial charge in [0.05, 0.1) is 12.6 Å². The fourth-order valence-corrected chi connectivity index (χ4v) is 3.58. The van der Waals surface area contributed by atoms with E-state index in [9.17, 15) is 4.79 Å². The second-order valence-corrected chi connectivity index (χ2v) is 6.56. The summed E-state index contributed by atoms with van der Waals surface area (Å²) in [6, 6.07) is 10.4. The number of nitrogens with zero attached hydrogens (tertiary/aromatic N) is 4. The maximum Gasteiger partial charge on any atom is 0.318 e. The van der Waals surface area contributed by atoms with Crippen LogP contribution in [0.1, 0.15) is 48.9 Å². The Hall–Kier alpha value is -2.37. The van der Waals surface area contributed by atoms with E-state index in [-0.39, 0.29) is 12.1 Å². The lowest BCUT2D eigenvalue weighted by Crippen LogP contribution is -2.49. The summed E-state index contributed by atoms with van der Waals surface area (Å²) in [4.78, 5) is 14.4. The molecule has 6 heteroatoms. The second kappa shape index (κ2) is 6.63. The van der Waals surface area contributed by atoms with Gasteiger partial charge in [0.15, 0.2) is 5.82 Å². The number of hydrogen-bond donors (Lipinski definition) is 1. The number of benzene rings is 1. The molecular formula is C18H23N5O.